The predicted octanol–water partition coefficient (Wildman–Crippen LogP) is 6.56. The first-order valence-corrected chi connectivity index (χ1v) is 12.4. The first kappa shape index (κ1) is 19.8. The van der Waals surface area contributed by atoms with Gasteiger partial charge in [-0.25, -0.2) is 0 Å². The minimum Gasteiger partial charge on any atom is -0.309 e. The van der Waals surface area contributed by atoms with Crippen LogP contribution in [0.4, 0.5) is 0 Å². The summed E-state index contributed by atoms with van der Waals surface area (Å²) in [6.45, 7) is 6.29. The Morgan fingerprint density at radius 3 is 1.45 bits per heavy atom. The fourth-order valence-electron chi connectivity index (χ4n) is 5.01. The molecule has 5 aromatic rings. The summed E-state index contributed by atoms with van der Waals surface area (Å²) in [6, 6.07) is 33.2. The van der Waals surface area contributed by atoms with E-state index in [0.29, 0.717) is 0 Å². The average molecular weight is 420 g/mol. The minimum absolute atomic E-state index is 0.914. The van der Waals surface area contributed by atoms with E-state index in [1.54, 1.807) is 0 Å². The molecule has 0 spiro atoms. The highest BCUT2D eigenvalue weighted by atomic mass is 31.2. The third-order valence-electron chi connectivity index (χ3n) is 6.16. The monoisotopic (exact) mass is 420 g/mol. The van der Waals surface area contributed by atoms with E-state index in [-0.39, 0.29) is 0 Å². The molecule has 0 aliphatic carbocycles. The number of fused-ring (bicyclic) bond motifs is 2. The van der Waals surface area contributed by atoms with E-state index in [9.17, 15) is 0 Å². The number of aryl methyl sites for hydroxylation is 3. The van der Waals surface area contributed by atoms with Crippen LogP contribution in [-0.4, -0.2) is 0 Å². The molecule has 0 atom stereocenters. The van der Waals surface area contributed by atoms with Crippen molar-refractivity contribution in [2.45, 2.75) is 20.8 Å². The summed E-state index contributed by atoms with van der Waals surface area (Å²) in [4.78, 5) is 0. The van der Waals surface area contributed by atoms with Gasteiger partial charge in [-0.3, -0.25) is 0 Å². The predicted molar refractivity (Wildman–Crippen MR) is 135 cm³/mol. The molecule has 0 N–H and O–H groups in total. The molecule has 0 heterocycles. The summed E-state index contributed by atoms with van der Waals surface area (Å²) in [7, 11) is -3.16. The Labute approximate surface area is 183 Å². The molecule has 0 saturated heterocycles. The summed E-state index contributed by atoms with van der Waals surface area (Å²) < 4.78 is 15.6. The van der Waals surface area contributed by atoms with Gasteiger partial charge in [0, 0.05) is 15.9 Å². The zero-order valence-corrected chi connectivity index (χ0v) is 19.0. The summed E-state index contributed by atoms with van der Waals surface area (Å²) in [5.41, 5.74) is 3.37. The van der Waals surface area contributed by atoms with Crippen LogP contribution in [0.25, 0.3) is 21.5 Å². The van der Waals surface area contributed by atoms with Crippen molar-refractivity contribution >= 4 is 44.6 Å². The van der Waals surface area contributed by atoms with Crippen LogP contribution in [0.5, 0.6) is 0 Å². The van der Waals surface area contributed by atoms with Gasteiger partial charge in [0.15, 0.2) is 7.14 Å². The third kappa shape index (κ3) is 3.12. The Balaban J connectivity index is 1.99. The number of rotatable bonds is 3. The van der Waals surface area contributed by atoms with E-state index in [4.69, 9.17) is 0 Å². The van der Waals surface area contributed by atoms with Crippen LogP contribution in [0.1, 0.15) is 16.7 Å². The first-order chi connectivity index (χ1) is 15.0. The summed E-state index contributed by atoms with van der Waals surface area (Å²) >= 11 is 0. The van der Waals surface area contributed by atoms with Gasteiger partial charge < -0.3 is 4.57 Å². The zero-order valence-electron chi connectivity index (χ0n) is 18.1. The van der Waals surface area contributed by atoms with Gasteiger partial charge in [-0.2, -0.15) is 0 Å². The molecule has 0 saturated carbocycles. The lowest BCUT2D eigenvalue weighted by molar-refractivity contribution is 0.592. The molecular formula is C29H25OP. The lowest BCUT2D eigenvalue weighted by atomic mass is 10.1. The summed E-state index contributed by atoms with van der Waals surface area (Å²) in [6.07, 6.45) is 0. The van der Waals surface area contributed by atoms with E-state index in [1.807, 2.05) is 36.4 Å². The molecular weight excluding hydrogens is 395 g/mol. The van der Waals surface area contributed by atoms with Crippen molar-refractivity contribution < 1.29 is 4.57 Å². The highest BCUT2D eigenvalue weighted by molar-refractivity contribution is 7.86. The van der Waals surface area contributed by atoms with Crippen LogP contribution in [0.15, 0.2) is 97.1 Å². The standard InChI is InChI=1S/C29H25OP/c1-20-18-21(2)29(22(3)19-20)31(30,27-16-8-12-23-10-4-6-14-25(23)27)28-17-9-13-24-11-5-7-15-26(24)28/h4-19H,1-3H3. The Bertz CT molecular complexity index is 1380. The topological polar surface area (TPSA) is 17.1 Å². The van der Waals surface area contributed by atoms with Gasteiger partial charge >= 0.3 is 0 Å². The second kappa shape index (κ2) is 7.52. The van der Waals surface area contributed by atoms with Gasteiger partial charge in [-0.15, -0.1) is 0 Å². The third-order valence-corrected chi connectivity index (χ3v) is 9.63. The quantitative estimate of drug-likeness (QED) is 0.302. The van der Waals surface area contributed by atoms with E-state index < -0.39 is 7.14 Å². The molecule has 0 aliphatic rings. The molecule has 0 amide bonds. The van der Waals surface area contributed by atoms with Crippen molar-refractivity contribution in [3.8, 4) is 0 Å². The fourth-order valence-corrected chi connectivity index (χ4v) is 8.55. The van der Waals surface area contributed by atoms with Crippen molar-refractivity contribution in [2.24, 2.45) is 0 Å². The second-order valence-electron chi connectivity index (χ2n) is 8.35. The van der Waals surface area contributed by atoms with Crippen molar-refractivity contribution in [1.82, 2.24) is 0 Å². The van der Waals surface area contributed by atoms with Crippen molar-refractivity contribution in [1.29, 1.82) is 0 Å². The summed E-state index contributed by atoms with van der Waals surface area (Å²) in [5, 5.41) is 7.13. The normalized spacial score (nSPS) is 11.8. The molecule has 31 heavy (non-hydrogen) atoms. The van der Waals surface area contributed by atoms with Crippen molar-refractivity contribution in [3.05, 3.63) is 114 Å². The highest BCUT2D eigenvalue weighted by Gasteiger charge is 2.35. The van der Waals surface area contributed by atoms with Gasteiger partial charge in [-0.05, 0) is 53.4 Å². The van der Waals surface area contributed by atoms with Gasteiger partial charge in [0.25, 0.3) is 0 Å². The van der Waals surface area contributed by atoms with Gasteiger partial charge in [0.1, 0.15) is 0 Å². The van der Waals surface area contributed by atoms with E-state index in [2.05, 4.69) is 81.4 Å². The van der Waals surface area contributed by atoms with Gasteiger partial charge in [-0.1, -0.05) is 103 Å². The summed E-state index contributed by atoms with van der Waals surface area (Å²) in [5.74, 6) is 0. The molecule has 0 aliphatic heterocycles. The molecule has 0 aromatic heterocycles. The maximum absolute atomic E-state index is 15.6. The molecule has 0 radical (unpaired) electrons. The lowest BCUT2D eigenvalue weighted by Gasteiger charge is -2.26. The Hall–Kier alpha value is -3.15. The molecule has 2 heteroatoms. The molecule has 5 aromatic carbocycles. The molecule has 5 rings (SSSR count). The Morgan fingerprint density at radius 2 is 0.968 bits per heavy atom. The van der Waals surface area contributed by atoms with Crippen LogP contribution in [0, 0.1) is 20.8 Å². The molecule has 0 bridgehead atoms. The van der Waals surface area contributed by atoms with E-state index in [1.165, 1.54) is 5.56 Å². The molecule has 0 unspecified atom stereocenters. The number of benzene rings is 5. The zero-order chi connectivity index (χ0) is 21.6. The molecule has 0 fully saturated rings. The van der Waals surface area contributed by atoms with Crippen molar-refractivity contribution in [2.75, 3.05) is 0 Å². The largest absolute Gasteiger partial charge is 0.309 e. The minimum atomic E-state index is -3.16. The van der Waals surface area contributed by atoms with Crippen LogP contribution in [-0.2, 0) is 4.57 Å². The van der Waals surface area contributed by atoms with Crippen LogP contribution in [0.3, 0.4) is 0 Å². The Kier molecular flexibility index (Phi) is 4.80. The van der Waals surface area contributed by atoms with Crippen LogP contribution in [0.2, 0.25) is 0 Å². The SMILES string of the molecule is Cc1cc(C)c(P(=O)(c2cccc3ccccc23)c2cccc3ccccc23)c(C)c1. The fraction of sp³-hybridized carbons (Fsp3) is 0.103. The average Bonchev–Trinajstić information content (AvgIpc) is 2.77. The number of hydrogen-bond acceptors (Lipinski definition) is 1. The second-order valence-corrected chi connectivity index (χ2v) is 11.0. The van der Waals surface area contributed by atoms with E-state index in [0.717, 1.165) is 48.6 Å². The Morgan fingerprint density at radius 1 is 0.548 bits per heavy atom. The maximum atomic E-state index is 15.6. The first-order valence-electron chi connectivity index (χ1n) is 10.7. The van der Waals surface area contributed by atoms with Crippen LogP contribution < -0.4 is 15.9 Å². The smallest absolute Gasteiger partial charge is 0.172 e. The van der Waals surface area contributed by atoms with Gasteiger partial charge in [0.2, 0.25) is 0 Å². The number of hydrogen-bond donors (Lipinski definition) is 0. The lowest BCUT2D eigenvalue weighted by Crippen LogP contribution is -2.29. The molecule has 1 nitrogen and oxygen atoms in total. The van der Waals surface area contributed by atoms with Crippen molar-refractivity contribution in [3.63, 3.8) is 0 Å². The van der Waals surface area contributed by atoms with Gasteiger partial charge in [0.05, 0.1) is 0 Å². The van der Waals surface area contributed by atoms with E-state index >= 15 is 4.57 Å². The maximum Gasteiger partial charge on any atom is 0.172 e. The highest BCUT2D eigenvalue weighted by Crippen LogP contribution is 2.48. The van der Waals surface area contributed by atoms with Crippen LogP contribution >= 0.6 is 7.14 Å². The molecule has 152 valence electrons.